The number of para-hydroxylation sites is 1. The molecule has 1 aliphatic heterocycles. The highest BCUT2D eigenvalue weighted by molar-refractivity contribution is 5.84. The molecule has 1 heterocycles. The molecule has 10 atom stereocenters. The second-order valence-electron chi connectivity index (χ2n) is 17.3. The highest BCUT2D eigenvalue weighted by Gasteiger charge is 2.71. The molecule has 44 heavy (non-hydrogen) atoms. The van der Waals surface area contributed by atoms with Crippen LogP contribution in [0.25, 0.3) is 0 Å². The summed E-state index contributed by atoms with van der Waals surface area (Å²) in [7, 11) is 0. The predicted octanol–water partition coefficient (Wildman–Crippen LogP) is 8.09. The van der Waals surface area contributed by atoms with Crippen LogP contribution >= 0.6 is 0 Å². The number of hydrogen-bond acceptors (Lipinski definition) is 4. The summed E-state index contributed by atoms with van der Waals surface area (Å²) in [6, 6.07) is 6.00. The van der Waals surface area contributed by atoms with Gasteiger partial charge in [0.25, 0.3) is 0 Å². The van der Waals surface area contributed by atoms with Crippen molar-refractivity contribution in [2.45, 2.75) is 118 Å². The number of aliphatic hydroxyl groups is 1. The lowest BCUT2D eigenvalue weighted by Gasteiger charge is -2.72. The van der Waals surface area contributed by atoms with E-state index in [9.17, 15) is 9.90 Å². The minimum atomic E-state index is -0.332. The van der Waals surface area contributed by atoms with Gasteiger partial charge in [-0.2, -0.15) is 0 Å². The Morgan fingerprint density at radius 2 is 1.68 bits per heavy atom. The number of amides is 1. The van der Waals surface area contributed by atoms with Gasteiger partial charge in [-0.15, -0.1) is 0 Å². The molecule has 0 aromatic heterocycles. The van der Waals surface area contributed by atoms with E-state index in [4.69, 9.17) is 9.47 Å². The molecule has 0 spiro atoms. The summed E-state index contributed by atoms with van der Waals surface area (Å²) in [5, 5.41) is 14.5. The minimum Gasteiger partial charge on any atom is -0.486 e. The molecule has 6 aliphatic rings. The monoisotopic (exact) mass is 603 g/mol. The van der Waals surface area contributed by atoms with Gasteiger partial charge in [-0.1, -0.05) is 58.9 Å². The molecule has 7 rings (SSSR count). The van der Waals surface area contributed by atoms with Crippen LogP contribution in [0.4, 0.5) is 0 Å². The van der Waals surface area contributed by atoms with E-state index >= 15 is 0 Å². The highest BCUT2D eigenvalue weighted by Crippen LogP contribution is 2.77. The predicted molar refractivity (Wildman–Crippen MR) is 174 cm³/mol. The largest absolute Gasteiger partial charge is 0.486 e. The third kappa shape index (κ3) is 4.02. The maximum Gasteiger partial charge on any atom is 0.226 e. The van der Waals surface area contributed by atoms with Crippen LogP contribution in [0.3, 0.4) is 0 Å². The molecule has 242 valence electrons. The smallest absolute Gasteiger partial charge is 0.226 e. The van der Waals surface area contributed by atoms with Gasteiger partial charge in [-0.25, -0.2) is 0 Å². The minimum absolute atomic E-state index is 0.0302. The van der Waals surface area contributed by atoms with Crippen LogP contribution in [0, 0.1) is 56.7 Å². The number of rotatable bonds is 4. The van der Waals surface area contributed by atoms with Crippen molar-refractivity contribution in [3.8, 4) is 11.5 Å². The molecular weight excluding hydrogens is 546 g/mol. The first-order chi connectivity index (χ1) is 20.8. The van der Waals surface area contributed by atoms with Crippen molar-refractivity contribution in [1.29, 1.82) is 0 Å². The summed E-state index contributed by atoms with van der Waals surface area (Å²) in [5.41, 5.74) is 2.60. The van der Waals surface area contributed by atoms with E-state index in [1.54, 1.807) is 0 Å². The van der Waals surface area contributed by atoms with Gasteiger partial charge in [0.2, 0.25) is 5.91 Å². The van der Waals surface area contributed by atoms with E-state index in [1.807, 2.05) is 12.1 Å². The third-order valence-corrected chi connectivity index (χ3v) is 15.6. The first-order valence-corrected chi connectivity index (χ1v) is 17.8. The van der Waals surface area contributed by atoms with Crippen molar-refractivity contribution in [2.24, 2.45) is 56.7 Å². The van der Waals surface area contributed by atoms with Crippen LogP contribution in [0.5, 0.6) is 11.5 Å². The number of nitrogens with one attached hydrogen (secondary N) is 1. The van der Waals surface area contributed by atoms with Crippen molar-refractivity contribution in [1.82, 2.24) is 5.32 Å². The molecule has 0 radical (unpaired) electrons. The number of benzene rings is 1. The zero-order valence-electron chi connectivity index (χ0n) is 28.3. The standard InChI is InChI=1S/C39H57NO4/c1-24(2)26-13-18-39(34(42)40-23-25-9-8-10-28-33(25)44-22-21-43-28)20-19-37(6)27(32(26)39)11-12-30-36(5)16-15-31(41)35(3,4)29(36)14-17-38(30,37)7/h8-10,26-27,29-32,41H,1,11-23H2,2-7H3,(H,40,42)/t26-,27+,29-,30+,31-,32?,36-,37+,38+,39-/m0/s1. The molecule has 5 nitrogen and oxygen atoms in total. The Labute approximate surface area is 265 Å². The van der Waals surface area contributed by atoms with E-state index in [1.165, 1.54) is 31.3 Å². The molecular formula is C39H57NO4. The number of aliphatic hydroxyl groups excluding tert-OH is 1. The Balaban J connectivity index is 1.19. The van der Waals surface area contributed by atoms with E-state index in [0.717, 1.165) is 55.6 Å². The van der Waals surface area contributed by atoms with Crippen molar-refractivity contribution in [3.63, 3.8) is 0 Å². The number of ether oxygens (including phenoxy) is 2. The molecule has 5 heteroatoms. The van der Waals surface area contributed by atoms with Gasteiger partial charge in [0.15, 0.2) is 11.5 Å². The average Bonchev–Trinajstić information content (AvgIpc) is 3.40. The summed E-state index contributed by atoms with van der Waals surface area (Å²) in [4.78, 5) is 14.6. The Hall–Kier alpha value is -2.01. The van der Waals surface area contributed by atoms with Crippen molar-refractivity contribution in [3.05, 3.63) is 35.9 Å². The van der Waals surface area contributed by atoms with Gasteiger partial charge < -0.3 is 19.9 Å². The number of hydrogen-bond donors (Lipinski definition) is 2. The Kier molecular flexibility index (Phi) is 7.13. The maximum atomic E-state index is 14.6. The second kappa shape index (κ2) is 10.2. The van der Waals surface area contributed by atoms with Gasteiger partial charge in [-0.3, -0.25) is 4.79 Å². The Morgan fingerprint density at radius 1 is 0.909 bits per heavy atom. The Morgan fingerprint density at radius 3 is 2.45 bits per heavy atom. The number of carbonyl (C=O) groups is 1. The summed E-state index contributed by atoms with van der Waals surface area (Å²) in [6.07, 6.45) is 10.9. The van der Waals surface area contributed by atoms with Crippen molar-refractivity contribution in [2.75, 3.05) is 13.2 Å². The van der Waals surface area contributed by atoms with Crippen LogP contribution in [-0.2, 0) is 11.3 Å². The fourth-order valence-corrected chi connectivity index (χ4v) is 13.1. The molecule has 2 N–H and O–H groups in total. The molecule has 1 aromatic rings. The number of carbonyl (C=O) groups excluding carboxylic acids is 1. The normalized spacial score (nSPS) is 45.2. The van der Waals surface area contributed by atoms with Crippen LogP contribution in [0.15, 0.2) is 30.4 Å². The molecule has 1 aromatic carbocycles. The van der Waals surface area contributed by atoms with Crippen molar-refractivity contribution < 1.29 is 19.4 Å². The maximum absolute atomic E-state index is 14.6. The molecule has 0 bridgehead atoms. The zero-order chi connectivity index (χ0) is 31.3. The lowest BCUT2D eigenvalue weighted by atomic mass is 9.32. The van der Waals surface area contributed by atoms with Crippen LogP contribution < -0.4 is 14.8 Å². The summed E-state index contributed by atoms with van der Waals surface area (Å²) in [6.45, 7) is 20.9. The highest BCUT2D eigenvalue weighted by atomic mass is 16.6. The third-order valence-electron chi connectivity index (χ3n) is 15.6. The summed E-state index contributed by atoms with van der Waals surface area (Å²) < 4.78 is 11.8. The van der Waals surface area contributed by atoms with E-state index in [-0.39, 0.29) is 39.1 Å². The van der Waals surface area contributed by atoms with Gasteiger partial charge >= 0.3 is 0 Å². The van der Waals surface area contributed by atoms with Gasteiger partial charge in [0.05, 0.1) is 11.5 Å². The number of allylic oxidation sites excluding steroid dienone is 1. The molecule has 0 saturated heterocycles. The Bertz CT molecular complexity index is 1340. The van der Waals surface area contributed by atoms with Crippen LogP contribution in [0.1, 0.15) is 111 Å². The van der Waals surface area contributed by atoms with E-state index in [2.05, 4.69) is 59.5 Å². The van der Waals surface area contributed by atoms with Gasteiger partial charge in [0, 0.05) is 12.1 Å². The zero-order valence-corrected chi connectivity index (χ0v) is 28.3. The van der Waals surface area contributed by atoms with Crippen molar-refractivity contribution >= 4 is 5.91 Å². The SMILES string of the molecule is C=C(C)[C@@H]1CC[C@]2(C(=O)NCc3cccc4c3OCCO4)CC[C@]3(C)[C@H](CC[C@@H]4[C@@]5(C)CC[C@H](O)C(C)(C)[C@@H]5CC[C@]43C)C12. The average molecular weight is 604 g/mol. The summed E-state index contributed by atoms with van der Waals surface area (Å²) >= 11 is 0. The fourth-order valence-electron chi connectivity index (χ4n) is 13.1. The van der Waals surface area contributed by atoms with E-state index < -0.39 is 0 Å². The molecule has 1 amide bonds. The second-order valence-corrected chi connectivity index (χ2v) is 17.3. The van der Waals surface area contributed by atoms with Gasteiger partial charge in [0.1, 0.15) is 13.2 Å². The van der Waals surface area contributed by atoms with Crippen LogP contribution in [0.2, 0.25) is 0 Å². The quantitative estimate of drug-likeness (QED) is 0.341. The first kappa shape index (κ1) is 30.6. The first-order valence-electron chi connectivity index (χ1n) is 17.8. The lowest BCUT2D eigenvalue weighted by Crippen LogP contribution is -2.67. The van der Waals surface area contributed by atoms with E-state index in [0.29, 0.717) is 49.3 Å². The molecule has 1 unspecified atom stereocenters. The topological polar surface area (TPSA) is 67.8 Å². The summed E-state index contributed by atoms with van der Waals surface area (Å²) in [5.74, 6) is 4.31. The number of fused-ring (bicyclic) bond motifs is 8. The molecule has 5 saturated carbocycles. The lowest BCUT2D eigenvalue weighted by molar-refractivity contribution is -0.246. The van der Waals surface area contributed by atoms with Crippen LogP contribution in [-0.4, -0.2) is 30.3 Å². The van der Waals surface area contributed by atoms with Gasteiger partial charge in [-0.05, 0) is 128 Å². The molecule has 5 fully saturated rings. The molecule has 5 aliphatic carbocycles. The fraction of sp³-hybridized carbons (Fsp3) is 0.769.